The van der Waals surface area contributed by atoms with Crippen LogP contribution in [-0.4, -0.2) is 66.7 Å². The largest absolute Gasteiger partial charge is 0.444 e. The van der Waals surface area contributed by atoms with Gasteiger partial charge in [0.25, 0.3) is 0 Å². The Morgan fingerprint density at radius 3 is 2.31 bits per heavy atom. The van der Waals surface area contributed by atoms with Crippen molar-refractivity contribution in [3.63, 3.8) is 0 Å². The average molecular weight is 483 g/mol. The molecule has 0 aliphatic carbocycles. The molecule has 1 aliphatic heterocycles. The van der Waals surface area contributed by atoms with Crippen LogP contribution in [0.25, 0.3) is 0 Å². The molecule has 0 spiro atoms. The molecule has 0 bridgehead atoms. The monoisotopic (exact) mass is 483 g/mol. The lowest BCUT2D eigenvalue weighted by Crippen LogP contribution is -2.49. The van der Waals surface area contributed by atoms with Crippen LogP contribution < -0.4 is 16.0 Å². The van der Waals surface area contributed by atoms with Crippen molar-refractivity contribution in [1.29, 1.82) is 0 Å². The maximum Gasteiger partial charge on any atom is 0.407 e. The molecule has 1 heterocycles. The van der Waals surface area contributed by atoms with Gasteiger partial charge in [0.15, 0.2) is 5.96 Å². The lowest BCUT2D eigenvalue weighted by Gasteiger charge is -2.24. The number of nitrogens with one attached hydrogen (secondary N) is 3. The fourth-order valence-electron chi connectivity index (χ4n) is 2.50. The topological polar surface area (TPSA) is 95.1 Å². The Morgan fingerprint density at radius 1 is 1.19 bits per heavy atom. The molecule has 8 nitrogen and oxygen atoms in total. The number of hydrogen-bond donors (Lipinski definition) is 3. The molecule has 0 saturated carbocycles. The number of carbonyl (C=O) groups excluding carboxylic acids is 2. The Labute approximate surface area is 173 Å². The zero-order chi connectivity index (χ0) is 19.3. The van der Waals surface area contributed by atoms with Crippen LogP contribution in [0.3, 0.4) is 0 Å². The highest BCUT2D eigenvalue weighted by Gasteiger charge is 2.28. The summed E-state index contributed by atoms with van der Waals surface area (Å²) in [6.45, 7) is 12.9. The number of hydrogen-bond acceptors (Lipinski definition) is 4. The van der Waals surface area contributed by atoms with E-state index in [0.717, 1.165) is 13.0 Å². The van der Waals surface area contributed by atoms with Crippen molar-refractivity contribution in [3.8, 4) is 0 Å². The summed E-state index contributed by atoms with van der Waals surface area (Å²) in [5.74, 6) is 0.564. The predicted octanol–water partition coefficient (Wildman–Crippen LogP) is 1.69. The van der Waals surface area contributed by atoms with E-state index in [9.17, 15) is 9.59 Å². The van der Waals surface area contributed by atoms with E-state index in [-0.39, 0.29) is 48.0 Å². The van der Waals surface area contributed by atoms with Crippen LogP contribution in [0.5, 0.6) is 0 Å². The average Bonchev–Trinajstić information content (AvgIpc) is 2.83. The van der Waals surface area contributed by atoms with E-state index in [1.54, 1.807) is 7.05 Å². The summed E-state index contributed by atoms with van der Waals surface area (Å²) in [6, 6.07) is -0.00296. The molecule has 1 aliphatic rings. The van der Waals surface area contributed by atoms with Crippen LogP contribution >= 0.6 is 24.0 Å². The molecular formula is C17H34IN5O3. The molecule has 26 heavy (non-hydrogen) atoms. The molecular weight excluding hydrogens is 449 g/mol. The molecule has 0 aromatic rings. The number of guanidine groups is 1. The quantitative estimate of drug-likeness (QED) is 0.323. The zero-order valence-corrected chi connectivity index (χ0v) is 19.3. The highest BCUT2D eigenvalue weighted by atomic mass is 127. The van der Waals surface area contributed by atoms with Crippen molar-refractivity contribution < 1.29 is 14.3 Å². The van der Waals surface area contributed by atoms with Gasteiger partial charge in [-0.15, -0.1) is 24.0 Å². The Kier molecular flexibility index (Phi) is 9.68. The number of alkyl carbamates (subject to hydrolysis) is 1. The minimum absolute atomic E-state index is 0. The number of nitrogens with zero attached hydrogens (tertiary/aromatic N) is 2. The van der Waals surface area contributed by atoms with E-state index in [2.05, 4.69) is 20.9 Å². The summed E-state index contributed by atoms with van der Waals surface area (Å²) in [5, 5.41) is 8.84. The number of halogens is 1. The number of aliphatic imine (C=N–C) groups is 1. The number of likely N-dealkylation sites (tertiary alicyclic amines) is 1. The van der Waals surface area contributed by atoms with Gasteiger partial charge < -0.3 is 25.6 Å². The van der Waals surface area contributed by atoms with E-state index in [1.807, 2.05) is 46.4 Å². The van der Waals surface area contributed by atoms with Crippen molar-refractivity contribution in [1.82, 2.24) is 20.9 Å². The third kappa shape index (κ3) is 10.0. The van der Waals surface area contributed by atoms with Crippen LogP contribution in [0, 0.1) is 0 Å². The van der Waals surface area contributed by atoms with E-state index in [4.69, 9.17) is 4.74 Å². The number of amides is 2. The normalized spacial score (nSPS) is 18.0. The first-order valence-corrected chi connectivity index (χ1v) is 8.66. The van der Waals surface area contributed by atoms with Crippen LogP contribution in [0.1, 0.15) is 48.0 Å². The summed E-state index contributed by atoms with van der Waals surface area (Å²) in [4.78, 5) is 30.0. The molecule has 3 N–H and O–H groups in total. The van der Waals surface area contributed by atoms with Gasteiger partial charge in [-0.25, -0.2) is 4.79 Å². The minimum Gasteiger partial charge on any atom is -0.444 e. The molecule has 2 amide bonds. The molecule has 0 aromatic heterocycles. The minimum atomic E-state index is -0.514. The highest BCUT2D eigenvalue weighted by molar-refractivity contribution is 14.0. The second-order valence-electron chi connectivity index (χ2n) is 8.28. The molecule has 1 saturated heterocycles. The number of carbonyl (C=O) groups is 2. The van der Waals surface area contributed by atoms with Gasteiger partial charge in [0.05, 0.1) is 12.6 Å². The lowest BCUT2D eigenvalue weighted by molar-refractivity contribution is -0.121. The van der Waals surface area contributed by atoms with Gasteiger partial charge in [0, 0.05) is 25.7 Å². The summed E-state index contributed by atoms with van der Waals surface area (Å²) >= 11 is 0. The van der Waals surface area contributed by atoms with E-state index in [1.165, 1.54) is 0 Å². The van der Waals surface area contributed by atoms with Gasteiger partial charge >= 0.3 is 6.09 Å². The van der Waals surface area contributed by atoms with Crippen molar-refractivity contribution in [2.24, 2.45) is 4.99 Å². The van der Waals surface area contributed by atoms with Crippen LogP contribution in [0.4, 0.5) is 4.79 Å². The second kappa shape index (κ2) is 10.2. The van der Waals surface area contributed by atoms with Crippen molar-refractivity contribution in [2.75, 3.05) is 26.7 Å². The molecule has 0 aromatic carbocycles. The summed E-state index contributed by atoms with van der Waals surface area (Å²) in [5.41, 5.74) is -0.779. The third-order valence-corrected chi connectivity index (χ3v) is 3.34. The summed E-state index contributed by atoms with van der Waals surface area (Å²) in [7, 11) is 1.68. The van der Waals surface area contributed by atoms with Gasteiger partial charge in [-0.1, -0.05) is 0 Å². The Balaban J connectivity index is 0.00000625. The van der Waals surface area contributed by atoms with Crippen molar-refractivity contribution >= 4 is 41.9 Å². The first kappa shape index (κ1) is 24.7. The van der Waals surface area contributed by atoms with Crippen molar-refractivity contribution in [3.05, 3.63) is 0 Å². The van der Waals surface area contributed by atoms with Crippen LogP contribution in [-0.2, 0) is 9.53 Å². The van der Waals surface area contributed by atoms with Crippen LogP contribution in [0.2, 0.25) is 0 Å². The molecule has 1 unspecified atom stereocenters. The fraction of sp³-hybridized carbons (Fsp3) is 0.824. The molecule has 9 heteroatoms. The second-order valence-corrected chi connectivity index (χ2v) is 8.28. The maximum absolute atomic E-state index is 11.9. The predicted molar refractivity (Wildman–Crippen MR) is 114 cm³/mol. The van der Waals surface area contributed by atoms with Crippen molar-refractivity contribution in [2.45, 2.75) is 65.1 Å². The smallest absolute Gasteiger partial charge is 0.407 e. The van der Waals surface area contributed by atoms with Gasteiger partial charge in [0.1, 0.15) is 5.60 Å². The summed E-state index contributed by atoms with van der Waals surface area (Å²) in [6.07, 6.45) is 0.389. The Bertz CT molecular complexity index is 512. The molecule has 1 atom stereocenters. The molecule has 1 rings (SSSR count). The Hall–Kier alpha value is -1.26. The van der Waals surface area contributed by atoms with E-state index >= 15 is 0 Å². The molecule has 0 radical (unpaired) electrons. The molecule has 152 valence electrons. The standard InChI is InChI=1S/C17H33N5O3.HI/c1-16(2,3)21-13(23)10-19-14(18-7)22-9-8-12(11-22)20-15(24)25-17(4,5)6;/h12H,8-11H2,1-7H3,(H,18,19)(H,20,24)(H,21,23);1H. The zero-order valence-electron chi connectivity index (χ0n) is 16.9. The number of rotatable bonds is 3. The van der Waals surface area contributed by atoms with Crippen LogP contribution in [0.15, 0.2) is 4.99 Å². The maximum atomic E-state index is 11.9. The first-order valence-electron chi connectivity index (χ1n) is 8.66. The fourth-order valence-corrected chi connectivity index (χ4v) is 2.50. The van der Waals surface area contributed by atoms with Gasteiger partial charge in [-0.2, -0.15) is 0 Å². The lowest BCUT2D eigenvalue weighted by atomic mass is 10.1. The highest BCUT2D eigenvalue weighted by Crippen LogP contribution is 2.12. The van der Waals surface area contributed by atoms with Gasteiger partial charge in [-0.05, 0) is 48.0 Å². The first-order chi connectivity index (χ1) is 11.4. The number of ether oxygens (including phenoxy) is 1. The Morgan fingerprint density at radius 2 is 1.81 bits per heavy atom. The van der Waals surface area contributed by atoms with E-state index < -0.39 is 11.7 Å². The third-order valence-electron chi connectivity index (χ3n) is 3.34. The summed E-state index contributed by atoms with van der Waals surface area (Å²) < 4.78 is 5.28. The SMILES string of the molecule is CN=C(NCC(=O)NC(C)(C)C)N1CCC(NC(=O)OC(C)(C)C)C1.I. The molecule has 1 fully saturated rings. The van der Waals surface area contributed by atoms with Gasteiger partial charge in [-0.3, -0.25) is 9.79 Å². The van der Waals surface area contributed by atoms with E-state index in [0.29, 0.717) is 12.5 Å². The van der Waals surface area contributed by atoms with Gasteiger partial charge in [0.2, 0.25) is 5.91 Å².